The van der Waals surface area contributed by atoms with Crippen LogP contribution in [0, 0.1) is 6.92 Å². The van der Waals surface area contributed by atoms with E-state index in [4.69, 9.17) is 0 Å². The van der Waals surface area contributed by atoms with Crippen LogP contribution in [0.15, 0.2) is 23.1 Å². The largest absolute Gasteiger partial charge is 0.339 e. The Morgan fingerprint density at radius 2 is 1.82 bits per heavy atom. The number of anilines is 1. The smallest absolute Gasteiger partial charge is 0.241 e. The Morgan fingerprint density at radius 3 is 2.43 bits per heavy atom. The quantitative estimate of drug-likeness (QED) is 0.769. The molecular weight excluding hydrogens is 380 g/mol. The minimum absolute atomic E-state index is 0.00391. The van der Waals surface area contributed by atoms with Gasteiger partial charge in [-0.15, -0.1) is 0 Å². The molecule has 2 heterocycles. The van der Waals surface area contributed by atoms with Crippen molar-refractivity contribution in [2.24, 2.45) is 0 Å². The highest BCUT2D eigenvalue weighted by Crippen LogP contribution is 2.29. The molecule has 2 aliphatic heterocycles. The summed E-state index contributed by atoms with van der Waals surface area (Å²) >= 11 is 0. The lowest BCUT2D eigenvalue weighted by atomic mass is 10.2. The number of hydrogen-bond donors (Lipinski definition) is 1. The van der Waals surface area contributed by atoms with Crippen molar-refractivity contribution in [2.45, 2.75) is 37.6 Å². The Hall–Kier alpha value is -1.97. The number of piperazine rings is 1. The Balaban J connectivity index is 1.77. The zero-order valence-corrected chi connectivity index (χ0v) is 17.5. The van der Waals surface area contributed by atoms with Crippen molar-refractivity contribution in [1.29, 1.82) is 0 Å². The molecule has 1 N–H and O–H groups in total. The van der Waals surface area contributed by atoms with E-state index in [1.807, 2.05) is 7.05 Å². The molecule has 2 saturated heterocycles. The first-order valence-corrected chi connectivity index (χ1v) is 11.1. The summed E-state index contributed by atoms with van der Waals surface area (Å²) in [6.07, 6.45) is 1.25. The summed E-state index contributed by atoms with van der Waals surface area (Å²) in [6, 6.07) is 4.05. The van der Waals surface area contributed by atoms with Gasteiger partial charge in [0.05, 0.1) is 10.9 Å². The molecule has 0 aromatic heterocycles. The fraction of sp³-hybridized carbons (Fsp3) is 0.579. The van der Waals surface area contributed by atoms with E-state index in [9.17, 15) is 18.0 Å². The molecule has 2 fully saturated rings. The van der Waals surface area contributed by atoms with E-state index in [2.05, 4.69) is 9.62 Å². The number of nitrogens with one attached hydrogen (secondary N) is 1. The number of likely N-dealkylation sites (N-methyl/N-ethyl adjacent to an activating group) is 1. The molecule has 2 amide bonds. The van der Waals surface area contributed by atoms with Crippen molar-refractivity contribution in [3.63, 3.8) is 0 Å². The molecular formula is C19H28N4O4S. The average Bonchev–Trinajstić information content (AvgIpc) is 3.07. The van der Waals surface area contributed by atoms with E-state index in [0.29, 0.717) is 37.3 Å². The van der Waals surface area contributed by atoms with E-state index in [0.717, 1.165) is 19.5 Å². The number of amides is 2. The monoisotopic (exact) mass is 408 g/mol. The summed E-state index contributed by atoms with van der Waals surface area (Å²) in [6.45, 7) is 6.59. The summed E-state index contributed by atoms with van der Waals surface area (Å²) in [5.74, 6) is -0.218. The van der Waals surface area contributed by atoms with Gasteiger partial charge in [0.1, 0.15) is 0 Å². The summed E-state index contributed by atoms with van der Waals surface area (Å²) in [5, 5.41) is 0. The maximum atomic E-state index is 13.0. The maximum Gasteiger partial charge on any atom is 0.241 e. The second-order valence-corrected chi connectivity index (χ2v) is 9.20. The highest BCUT2D eigenvalue weighted by molar-refractivity contribution is 7.89. The lowest BCUT2D eigenvalue weighted by Crippen LogP contribution is -2.53. The lowest BCUT2D eigenvalue weighted by molar-refractivity contribution is -0.134. The minimum Gasteiger partial charge on any atom is -0.339 e. The van der Waals surface area contributed by atoms with Gasteiger partial charge in [-0.25, -0.2) is 8.42 Å². The molecule has 1 atom stereocenters. The highest BCUT2D eigenvalue weighted by atomic mass is 32.2. The summed E-state index contributed by atoms with van der Waals surface area (Å²) in [5.41, 5.74) is 1.13. The van der Waals surface area contributed by atoms with Crippen LogP contribution in [0.5, 0.6) is 0 Å². The van der Waals surface area contributed by atoms with Gasteiger partial charge in [-0.2, -0.15) is 4.72 Å². The second kappa shape index (κ2) is 8.18. The molecule has 0 unspecified atom stereocenters. The fourth-order valence-corrected chi connectivity index (χ4v) is 5.20. The predicted octanol–water partition coefficient (Wildman–Crippen LogP) is 0.563. The van der Waals surface area contributed by atoms with Gasteiger partial charge in [-0.3, -0.25) is 9.59 Å². The third-order valence-electron chi connectivity index (χ3n) is 5.43. The van der Waals surface area contributed by atoms with Gasteiger partial charge in [0.25, 0.3) is 0 Å². The van der Waals surface area contributed by atoms with Gasteiger partial charge < -0.3 is 14.7 Å². The van der Waals surface area contributed by atoms with Crippen molar-refractivity contribution < 1.29 is 18.0 Å². The minimum atomic E-state index is -3.90. The van der Waals surface area contributed by atoms with Crippen molar-refractivity contribution in [2.75, 3.05) is 44.7 Å². The molecule has 0 aliphatic carbocycles. The Labute approximate surface area is 166 Å². The molecule has 0 spiro atoms. The SMILES string of the molecule is Cc1c(N2CCCC2=O)cccc1S(=O)(=O)N[C@@H](C)C(=O)N1CCN(C)CC1. The fourth-order valence-electron chi connectivity index (χ4n) is 3.74. The summed E-state index contributed by atoms with van der Waals surface area (Å²) < 4.78 is 28.4. The van der Waals surface area contributed by atoms with E-state index in [-0.39, 0.29) is 16.7 Å². The van der Waals surface area contributed by atoms with E-state index in [1.165, 1.54) is 6.07 Å². The third-order valence-corrected chi connectivity index (χ3v) is 7.11. The molecule has 3 rings (SSSR count). The van der Waals surface area contributed by atoms with Crippen LogP contribution in [0.2, 0.25) is 0 Å². The van der Waals surface area contributed by atoms with Crippen molar-refractivity contribution >= 4 is 27.5 Å². The number of sulfonamides is 1. The van der Waals surface area contributed by atoms with Gasteiger partial charge >= 0.3 is 0 Å². The number of nitrogens with zero attached hydrogens (tertiary/aromatic N) is 3. The normalized spacial score (nSPS) is 19.9. The molecule has 8 nitrogen and oxygen atoms in total. The van der Waals surface area contributed by atoms with Gasteiger partial charge in [-0.1, -0.05) is 6.07 Å². The van der Waals surface area contributed by atoms with E-state index in [1.54, 1.807) is 35.8 Å². The highest BCUT2D eigenvalue weighted by Gasteiger charge is 2.30. The number of carbonyl (C=O) groups excluding carboxylic acids is 2. The van der Waals surface area contributed by atoms with E-state index >= 15 is 0 Å². The first-order valence-electron chi connectivity index (χ1n) is 9.60. The van der Waals surface area contributed by atoms with Crippen LogP contribution >= 0.6 is 0 Å². The van der Waals surface area contributed by atoms with Crippen LogP contribution in [-0.4, -0.2) is 75.8 Å². The number of carbonyl (C=O) groups is 2. The number of hydrogen-bond acceptors (Lipinski definition) is 5. The van der Waals surface area contributed by atoms with Crippen LogP contribution in [-0.2, 0) is 19.6 Å². The van der Waals surface area contributed by atoms with Crippen LogP contribution in [0.25, 0.3) is 0 Å². The zero-order chi connectivity index (χ0) is 20.5. The van der Waals surface area contributed by atoms with Crippen LogP contribution in [0.1, 0.15) is 25.3 Å². The second-order valence-electron chi connectivity index (χ2n) is 7.52. The Morgan fingerprint density at radius 1 is 1.14 bits per heavy atom. The molecule has 2 aliphatic rings. The molecule has 0 saturated carbocycles. The number of benzene rings is 1. The average molecular weight is 409 g/mol. The Kier molecular flexibility index (Phi) is 6.07. The molecule has 1 aromatic carbocycles. The first kappa shape index (κ1) is 20.8. The summed E-state index contributed by atoms with van der Waals surface area (Å²) in [7, 11) is -1.91. The molecule has 9 heteroatoms. The topological polar surface area (TPSA) is 90.0 Å². The van der Waals surface area contributed by atoms with Crippen LogP contribution < -0.4 is 9.62 Å². The van der Waals surface area contributed by atoms with Gasteiger partial charge in [0.2, 0.25) is 21.8 Å². The maximum absolute atomic E-state index is 13.0. The molecule has 0 bridgehead atoms. The van der Waals surface area contributed by atoms with E-state index < -0.39 is 16.1 Å². The van der Waals surface area contributed by atoms with Crippen LogP contribution in [0.3, 0.4) is 0 Å². The summed E-state index contributed by atoms with van der Waals surface area (Å²) in [4.78, 5) is 30.3. The predicted molar refractivity (Wildman–Crippen MR) is 107 cm³/mol. The molecule has 28 heavy (non-hydrogen) atoms. The molecule has 1 aromatic rings. The standard InChI is InChI=1S/C19H28N4O4S/c1-14-16(23-9-5-8-18(23)24)6-4-7-17(14)28(26,27)20-15(2)19(25)22-12-10-21(3)11-13-22/h4,6-7,15,20H,5,8-13H2,1-3H3/t15-/m0/s1. The van der Waals surface area contributed by atoms with Crippen molar-refractivity contribution in [1.82, 2.24) is 14.5 Å². The zero-order valence-electron chi connectivity index (χ0n) is 16.6. The van der Waals surface area contributed by atoms with Gasteiger partial charge in [0, 0.05) is 44.8 Å². The van der Waals surface area contributed by atoms with Gasteiger partial charge in [-0.05, 0) is 45.0 Å². The van der Waals surface area contributed by atoms with Crippen molar-refractivity contribution in [3.8, 4) is 0 Å². The molecule has 0 radical (unpaired) electrons. The van der Waals surface area contributed by atoms with Crippen molar-refractivity contribution in [3.05, 3.63) is 23.8 Å². The Bertz CT molecular complexity index is 863. The van der Waals surface area contributed by atoms with Gasteiger partial charge in [0.15, 0.2) is 0 Å². The molecule has 154 valence electrons. The number of rotatable bonds is 5. The lowest BCUT2D eigenvalue weighted by Gasteiger charge is -2.34. The third kappa shape index (κ3) is 4.21. The first-order chi connectivity index (χ1) is 13.2. The van der Waals surface area contributed by atoms with Crippen LogP contribution in [0.4, 0.5) is 5.69 Å².